The van der Waals surface area contributed by atoms with Crippen molar-refractivity contribution < 1.29 is 33.4 Å². The first-order valence-electron chi connectivity index (χ1n) is 19.7. The molecule has 20 heteroatoms. The van der Waals surface area contributed by atoms with Gasteiger partial charge in [-0.1, -0.05) is 12.2 Å². The lowest BCUT2D eigenvalue weighted by atomic mass is 9.91. The van der Waals surface area contributed by atoms with Crippen LogP contribution in [0.25, 0.3) is 22.1 Å². The van der Waals surface area contributed by atoms with E-state index in [-0.39, 0.29) is 41.7 Å². The second kappa shape index (κ2) is 17.4. The van der Waals surface area contributed by atoms with Crippen LogP contribution >= 0.6 is 0 Å². The van der Waals surface area contributed by atoms with Crippen molar-refractivity contribution in [3.8, 4) is 11.5 Å². The number of aryl methyl sites for hydroxylation is 2. The van der Waals surface area contributed by atoms with Gasteiger partial charge in [0.2, 0.25) is 29.6 Å². The van der Waals surface area contributed by atoms with Crippen molar-refractivity contribution in [1.29, 1.82) is 0 Å². The number of aromatic nitrogens is 6. The predicted molar refractivity (Wildman–Crippen MR) is 223 cm³/mol. The molecular formula is C40H51N13O7. The first-order valence-corrected chi connectivity index (χ1v) is 19.7. The Balaban J connectivity index is 1.10. The number of hydrogen-bond donors (Lipinski definition) is 5. The van der Waals surface area contributed by atoms with Crippen LogP contribution in [0.15, 0.2) is 42.5 Å². The predicted octanol–water partition coefficient (Wildman–Crippen LogP) is 1.31. The van der Waals surface area contributed by atoms with Gasteiger partial charge in [0.05, 0.1) is 50.1 Å². The lowest BCUT2D eigenvalue weighted by Crippen LogP contribution is -2.70. The fraction of sp³-hybridized carbons (Fsp3) is 0.425. The number of nitrogens with two attached hydrogens (primary N) is 3. The van der Waals surface area contributed by atoms with Gasteiger partial charge in [0.15, 0.2) is 0 Å². The fourth-order valence-corrected chi connectivity index (χ4v) is 7.92. The number of carbonyl (C=O) groups excluding carboxylic acids is 4. The molecule has 318 valence electrons. The summed E-state index contributed by atoms with van der Waals surface area (Å²) in [6.07, 6.45) is 4.53. The molecule has 2 aliphatic rings. The number of nitrogens with one attached hydrogen (secondary N) is 2. The van der Waals surface area contributed by atoms with Crippen molar-refractivity contribution in [3.63, 3.8) is 0 Å². The number of amides is 4. The van der Waals surface area contributed by atoms with Crippen LogP contribution in [0.4, 0.5) is 11.9 Å². The molecule has 0 saturated carbocycles. The minimum Gasteiger partial charge on any atom is -0.494 e. The van der Waals surface area contributed by atoms with Crippen LogP contribution in [0.1, 0.15) is 50.2 Å². The molecule has 5 heterocycles. The van der Waals surface area contributed by atoms with Gasteiger partial charge in [0.25, 0.3) is 5.91 Å². The summed E-state index contributed by atoms with van der Waals surface area (Å²) in [7, 11) is 3.23. The quantitative estimate of drug-likeness (QED) is 0.0656. The van der Waals surface area contributed by atoms with Gasteiger partial charge in [-0.05, 0) is 50.6 Å². The number of hydrogen-bond acceptors (Lipinski definition) is 13. The number of rotatable bonds is 17. The van der Waals surface area contributed by atoms with E-state index in [1.54, 1.807) is 45.5 Å². The SMILES string of the molecule is CCn1nc(C)cc1C(=O)Nc1nc2cc(C(N)=O)cc(OC)c2n1C/C=C/Cn1c(NC)nc2cc(C(N)=O)cc(OCCCN3CC4(C3)CN(C(=O)CN)CCO4)c21. The number of fused-ring (bicyclic) bond motifs is 2. The van der Waals surface area contributed by atoms with E-state index in [0.717, 1.165) is 6.54 Å². The van der Waals surface area contributed by atoms with Gasteiger partial charge in [0, 0.05) is 64.0 Å². The van der Waals surface area contributed by atoms with Crippen molar-refractivity contribution in [2.24, 2.45) is 17.2 Å². The largest absolute Gasteiger partial charge is 0.494 e. The number of likely N-dealkylation sites (tertiary alicyclic amines) is 1. The third kappa shape index (κ3) is 8.34. The molecule has 0 aliphatic carbocycles. The molecule has 0 atom stereocenters. The Labute approximate surface area is 345 Å². The topological polar surface area (TPSA) is 258 Å². The summed E-state index contributed by atoms with van der Waals surface area (Å²) >= 11 is 0. The van der Waals surface area contributed by atoms with E-state index in [2.05, 4.69) is 25.6 Å². The Hall–Kier alpha value is -6.51. The van der Waals surface area contributed by atoms with Crippen LogP contribution in [0.3, 0.4) is 0 Å². The molecule has 0 bridgehead atoms. The van der Waals surface area contributed by atoms with E-state index in [9.17, 15) is 19.2 Å². The molecule has 1 spiro atoms. The highest BCUT2D eigenvalue weighted by molar-refractivity contribution is 6.04. The molecular weight excluding hydrogens is 775 g/mol. The maximum Gasteiger partial charge on any atom is 0.276 e. The van der Waals surface area contributed by atoms with Gasteiger partial charge in [-0.25, -0.2) is 9.97 Å². The Morgan fingerprint density at radius 3 is 2.17 bits per heavy atom. The van der Waals surface area contributed by atoms with Crippen molar-refractivity contribution >= 4 is 57.6 Å². The Morgan fingerprint density at radius 1 is 0.917 bits per heavy atom. The van der Waals surface area contributed by atoms with Crippen molar-refractivity contribution in [2.45, 2.75) is 45.5 Å². The van der Waals surface area contributed by atoms with E-state index in [1.807, 2.05) is 30.6 Å². The number of morpholine rings is 1. The molecule has 0 unspecified atom stereocenters. The van der Waals surface area contributed by atoms with Crippen molar-refractivity contribution in [3.05, 3.63) is 65.0 Å². The van der Waals surface area contributed by atoms with E-state index < -0.39 is 17.7 Å². The van der Waals surface area contributed by atoms with Gasteiger partial charge in [0.1, 0.15) is 33.8 Å². The van der Waals surface area contributed by atoms with E-state index in [4.69, 9.17) is 36.4 Å². The highest BCUT2D eigenvalue weighted by Gasteiger charge is 2.47. The van der Waals surface area contributed by atoms with Crippen LogP contribution in [0.2, 0.25) is 0 Å². The van der Waals surface area contributed by atoms with Gasteiger partial charge < -0.3 is 50.8 Å². The van der Waals surface area contributed by atoms with E-state index in [1.165, 1.54) is 13.2 Å². The van der Waals surface area contributed by atoms with Gasteiger partial charge >= 0.3 is 0 Å². The van der Waals surface area contributed by atoms with Crippen LogP contribution in [-0.2, 0) is 29.2 Å². The Kier molecular flexibility index (Phi) is 12.1. The van der Waals surface area contributed by atoms with Crippen LogP contribution < -0.4 is 37.3 Å². The smallest absolute Gasteiger partial charge is 0.276 e. The number of methoxy groups -OCH3 is 1. The maximum absolute atomic E-state index is 13.6. The molecule has 0 radical (unpaired) electrons. The minimum atomic E-state index is -0.647. The van der Waals surface area contributed by atoms with Gasteiger partial charge in [-0.2, -0.15) is 5.10 Å². The van der Waals surface area contributed by atoms with Crippen LogP contribution in [-0.4, -0.2) is 135 Å². The third-order valence-corrected chi connectivity index (χ3v) is 10.7. The summed E-state index contributed by atoms with van der Waals surface area (Å²) in [5.41, 5.74) is 20.2. The lowest BCUT2D eigenvalue weighted by molar-refractivity contribution is -0.188. The summed E-state index contributed by atoms with van der Waals surface area (Å²) in [4.78, 5) is 63.7. The average Bonchev–Trinajstić information content (AvgIpc) is 3.91. The number of imidazole rings is 2. The summed E-state index contributed by atoms with van der Waals surface area (Å²) < 4.78 is 23.4. The monoisotopic (exact) mass is 825 g/mol. The zero-order valence-corrected chi connectivity index (χ0v) is 34.2. The van der Waals surface area contributed by atoms with Crippen LogP contribution in [0, 0.1) is 6.92 Å². The normalized spacial score (nSPS) is 15.2. The number of anilines is 2. The molecule has 7 rings (SSSR count). The number of allylic oxidation sites excluding steroid dienone is 2. The first kappa shape index (κ1) is 41.6. The average molecular weight is 826 g/mol. The fourth-order valence-electron chi connectivity index (χ4n) is 7.92. The molecule has 2 aliphatic heterocycles. The molecule has 20 nitrogen and oxygen atoms in total. The summed E-state index contributed by atoms with van der Waals surface area (Å²) in [5, 5.41) is 10.5. The second-order valence-electron chi connectivity index (χ2n) is 14.8. The molecule has 4 amide bonds. The summed E-state index contributed by atoms with van der Waals surface area (Å²) in [6.45, 7) is 8.88. The van der Waals surface area contributed by atoms with Gasteiger partial charge in [-0.15, -0.1) is 0 Å². The lowest BCUT2D eigenvalue weighted by Gasteiger charge is -2.54. The Morgan fingerprint density at radius 2 is 1.55 bits per heavy atom. The van der Waals surface area contributed by atoms with Crippen molar-refractivity contribution in [1.82, 2.24) is 38.7 Å². The minimum absolute atomic E-state index is 0.0120. The van der Waals surface area contributed by atoms with Crippen molar-refractivity contribution in [2.75, 3.05) is 77.3 Å². The van der Waals surface area contributed by atoms with E-state index in [0.29, 0.717) is 110 Å². The summed E-state index contributed by atoms with van der Waals surface area (Å²) in [6, 6.07) is 8.07. The second-order valence-corrected chi connectivity index (χ2v) is 14.8. The summed E-state index contributed by atoms with van der Waals surface area (Å²) in [5.74, 6) is -0.161. The molecule has 2 fully saturated rings. The standard InChI is InChI=1S/C40H51N13O7/c1-5-53-29(15-24(2)48-53)37(57)47-39-46-27-16-25(35(42)55)18-30(58-4)33(27)52(39)11-7-6-10-51-34-28(45-38(51)44-3)17-26(36(43)56)19-31(34)59-13-8-9-49-21-40(22-49)23-50(12-14-60-40)32(54)20-41/h6-7,15-19H,5,8-14,20-23,41H2,1-4H3,(H2,42,55)(H2,43,56)(H,44,45)(H,46,47,57)/b7-6+. The third-order valence-electron chi connectivity index (χ3n) is 10.7. The zero-order chi connectivity index (χ0) is 42.7. The van der Waals surface area contributed by atoms with E-state index >= 15 is 0 Å². The number of carbonyl (C=O) groups is 4. The Bertz CT molecular complexity index is 2480. The number of benzene rings is 2. The molecule has 5 aromatic rings. The molecule has 8 N–H and O–H groups in total. The molecule has 2 aromatic carbocycles. The molecule has 2 saturated heterocycles. The number of nitrogens with zero attached hydrogens (tertiary/aromatic N) is 8. The number of primary amides is 2. The van der Waals surface area contributed by atoms with Crippen LogP contribution in [0.5, 0.6) is 11.5 Å². The molecule has 60 heavy (non-hydrogen) atoms. The first-order chi connectivity index (χ1) is 28.9. The zero-order valence-electron chi connectivity index (χ0n) is 34.2. The number of ether oxygens (including phenoxy) is 3. The maximum atomic E-state index is 13.6. The highest BCUT2D eigenvalue weighted by atomic mass is 16.5. The highest BCUT2D eigenvalue weighted by Crippen LogP contribution is 2.34. The van der Waals surface area contributed by atoms with Gasteiger partial charge in [-0.3, -0.25) is 34.1 Å². The molecule has 3 aromatic heterocycles.